The minimum atomic E-state index is -1.06. The highest BCUT2D eigenvalue weighted by atomic mass is 19.1. The number of carboxylic acid groups (broad SMARTS) is 1. The summed E-state index contributed by atoms with van der Waals surface area (Å²) in [6.07, 6.45) is 5.66. The quantitative estimate of drug-likeness (QED) is 0.427. The van der Waals surface area contributed by atoms with E-state index in [0.29, 0.717) is 22.7 Å². The molecule has 1 saturated carbocycles. The van der Waals surface area contributed by atoms with E-state index in [1.807, 2.05) is 29.9 Å². The van der Waals surface area contributed by atoms with Gasteiger partial charge in [0, 0.05) is 42.1 Å². The molecule has 2 aromatic heterocycles. The number of hydrogen-bond donors (Lipinski definition) is 2. The molecule has 2 aromatic carbocycles. The fraction of sp³-hybridized carbons (Fsp3) is 0.167. The van der Waals surface area contributed by atoms with Gasteiger partial charge < -0.3 is 15.0 Å². The second-order valence-electron chi connectivity index (χ2n) is 7.92. The van der Waals surface area contributed by atoms with Gasteiger partial charge in [0.1, 0.15) is 23.0 Å². The minimum Gasteiger partial charge on any atom is -0.478 e. The predicted molar refractivity (Wildman–Crippen MR) is 115 cm³/mol. The van der Waals surface area contributed by atoms with Crippen LogP contribution in [0, 0.1) is 11.6 Å². The number of benzene rings is 2. The Kier molecular flexibility index (Phi) is 4.46. The van der Waals surface area contributed by atoms with Gasteiger partial charge in [-0.1, -0.05) is 0 Å². The van der Waals surface area contributed by atoms with E-state index in [1.54, 1.807) is 18.3 Å². The smallest absolute Gasteiger partial charge is 0.339 e. The summed E-state index contributed by atoms with van der Waals surface area (Å²) < 4.78 is 29.7. The molecule has 4 aromatic rings. The second kappa shape index (κ2) is 7.19. The molecule has 0 saturated heterocycles. The van der Waals surface area contributed by atoms with Crippen LogP contribution in [0.25, 0.3) is 22.0 Å². The van der Waals surface area contributed by atoms with Gasteiger partial charge in [0.25, 0.3) is 0 Å². The number of pyridine rings is 1. The molecule has 0 spiro atoms. The zero-order valence-electron chi connectivity index (χ0n) is 16.7. The van der Waals surface area contributed by atoms with Gasteiger partial charge in [0.2, 0.25) is 0 Å². The van der Waals surface area contributed by atoms with Crippen LogP contribution in [0.3, 0.4) is 0 Å². The first-order valence-corrected chi connectivity index (χ1v) is 9.95. The van der Waals surface area contributed by atoms with Crippen molar-refractivity contribution in [2.75, 3.05) is 5.32 Å². The van der Waals surface area contributed by atoms with Crippen LogP contribution in [0.2, 0.25) is 0 Å². The van der Waals surface area contributed by atoms with Crippen molar-refractivity contribution in [3.8, 4) is 11.1 Å². The molecule has 31 heavy (non-hydrogen) atoms. The molecule has 1 aliphatic rings. The van der Waals surface area contributed by atoms with Crippen LogP contribution in [0.15, 0.2) is 54.9 Å². The van der Waals surface area contributed by atoms with E-state index in [9.17, 15) is 18.7 Å². The Labute approximate surface area is 177 Å². The van der Waals surface area contributed by atoms with E-state index < -0.39 is 17.6 Å². The van der Waals surface area contributed by atoms with Gasteiger partial charge in [-0.25, -0.2) is 18.6 Å². The van der Waals surface area contributed by atoms with E-state index in [4.69, 9.17) is 0 Å². The number of aromatic carboxylic acids is 1. The zero-order chi connectivity index (χ0) is 21.7. The van der Waals surface area contributed by atoms with Crippen molar-refractivity contribution >= 4 is 28.4 Å². The van der Waals surface area contributed by atoms with E-state index in [2.05, 4.69) is 10.3 Å². The molecule has 1 fully saturated rings. The van der Waals surface area contributed by atoms with E-state index in [-0.39, 0.29) is 11.4 Å². The third-order valence-corrected chi connectivity index (χ3v) is 5.59. The first kappa shape index (κ1) is 19.2. The van der Waals surface area contributed by atoms with Crippen molar-refractivity contribution in [1.82, 2.24) is 9.55 Å². The minimum absolute atomic E-state index is 0.0934. The highest BCUT2D eigenvalue weighted by Crippen LogP contribution is 2.41. The van der Waals surface area contributed by atoms with Crippen LogP contribution in [-0.4, -0.2) is 20.6 Å². The number of aromatic nitrogens is 2. The molecule has 2 N–H and O–H groups in total. The molecular weight excluding hydrogens is 400 g/mol. The lowest BCUT2D eigenvalue weighted by molar-refractivity contribution is 0.0697. The lowest BCUT2D eigenvalue weighted by Crippen LogP contribution is -2.06. The summed E-state index contributed by atoms with van der Waals surface area (Å²) in [6, 6.07) is 10.5. The van der Waals surface area contributed by atoms with E-state index in [0.717, 1.165) is 35.4 Å². The molecule has 0 bridgehead atoms. The topological polar surface area (TPSA) is 67.2 Å². The first-order chi connectivity index (χ1) is 14.9. The maximum atomic E-state index is 13.9. The third kappa shape index (κ3) is 3.63. The molecular formula is C24H19F2N3O2. The highest BCUT2D eigenvalue weighted by Gasteiger charge is 2.26. The summed E-state index contributed by atoms with van der Waals surface area (Å²) in [5, 5.41) is 13.6. The number of aryl methyl sites for hydroxylation is 1. The zero-order valence-corrected chi connectivity index (χ0v) is 16.7. The molecule has 5 nitrogen and oxygen atoms in total. The number of halogens is 2. The molecule has 2 heterocycles. The summed E-state index contributed by atoms with van der Waals surface area (Å²) in [5.41, 5.74) is 3.42. The summed E-state index contributed by atoms with van der Waals surface area (Å²) >= 11 is 0. The largest absolute Gasteiger partial charge is 0.478 e. The molecule has 0 unspecified atom stereocenters. The van der Waals surface area contributed by atoms with Crippen molar-refractivity contribution in [2.24, 2.45) is 7.05 Å². The van der Waals surface area contributed by atoms with Crippen LogP contribution >= 0.6 is 0 Å². The maximum Gasteiger partial charge on any atom is 0.339 e. The Balaban J connectivity index is 1.62. The van der Waals surface area contributed by atoms with Gasteiger partial charge >= 0.3 is 5.97 Å². The standard InChI is InChI=1S/C24H19F2N3O2/c1-29-5-4-14-8-19(11-20(22(14)29)15-6-17(25)10-18(26)7-15)28-23-21(24(30)31)9-16(12-27-23)13-2-3-13/h4-13H,2-3H2,1H3,(H,27,28)(H,30,31). The van der Waals surface area contributed by atoms with Crippen molar-refractivity contribution in [2.45, 2.75) is 18.8 Å². The number of rotatable bonds is 5. The van der Waals surface area contributed by atoms with Gasteiger partial charge in [0.05, 0.1) is 5.52 Å². The van der Waals surface area contributed by atoms with Gasteiger partial charge in [-0.3, -0.25) is 0 Å². The number of nitrogens with one attached hydrogen (secondary N) is 1. The Morgan fingerprint density at radius 3 is 2.55 bits per heavy atom. The van der Waals surface area contributed by atoms with Crippen LogP contribution in [0.5, 0.6) is 0 Å². The number of fused-ring (bicyclic) bond motifs is 1. The van der Waals surface area contributed by atoms with Crippen LogP contribution < -0.4 is 5.32 Å². The number of anilines is 2. The van der Waals surface area contributed by atoms with Crippen molar-refractivity contribution < 1.29 is 18.7 Å². The van der Waals surface area contributed by atoms with E-state index >= 15 is 0 Å². The molecule has 156 valence electrons. The molecule has 7 heteroatoms. The van der Waals surface area contributed by atoms with Gasteiger partial charge in [0.15, 0.2) is 0 Å². The Morgan fingerprint density at radius 1 is 1.13 bits per heavy atom. The Hall–Kier alpha value is -3.74. The fourth-order valence-electron chi connectivity index (χ4n) is 3.97. The molecule has 0 atom stereocenters. The Bertz CT molecular complexity index is 1320. The summed E-state index contributed by atoms with van der Waals surface area (Å²) in [4.78, 5) is 16.2. The van der Waals surface area contributed by atoms with Gasteiger partial charge in [-0.15, -0.1) is 0 Å². The lowest BCUT2D eigenvalue weighted by atomic mass is 10.0. The highest BCUT2D eigenvalue weighted by molar-refractivity contribution is 5.99. The normalized spacial score (nSPS) is 13.5. The third-order valence-electron chi connectivity index (χ3n) is 5.59. The van der Waals surface area contributed by atoms with Gasteiger partial charge in [-0.05, 0) is 66.3 Å². The molecule has 0 radical (unpaired) electrons. The fourth-order valence-corrected chi connectivity index (χ4v) is 3.97. The average Bonchev–Trinajstić information content (AvgIpc) is 3.50. The molecule has 5 rings (SSSR count). The molecule has 1 aliphatic carbocycles. The van der Waals surface area contributed by atoms with Crippen molar-refractivity contribution in [3.63, 3.8) is 0 Å². The van der Waals surface area contributed by atoms with E-state index in [1.165, 1.54) is 12.1 Å². The maximum absolute atomic E-state index is 13.9. The number of nitrogens with zero attached hydrogens (tertiary/aromatic N) is 2. The summed E-state index contributed by atoms with van der Waals surface area (Å²) in [5.74, 6) is -1.79. The average molecular weight is 419 g/mol. The van der Waals surface area contributed by atoms with Crippen LogP contribution in [-0.2, 0) is 7.05 Å². The molecule has 0 amide bonds. The predicted octanol–water partition coefficient (Wildman–Crippen LogP) is 5.84. The lowest BCUT2D eigenvalue weighted by Gasteiger charge is -2.14. The second-order valence-corrected chi connectivity index (χ2v) is 7.92. The Morgan fingerprint density at radius 2 is 1.87 bits per heavy atom. The van der Waals surface area contributed by atoms with Crippen molar-refractivity contribution in [1.29, 1.82) is 0 Å². The summed E-state index contributed by atoms with van der Waals surface area (Å²) in [6.45, 7) is 0. The first-order valence-electron chi connectivity index (χ1n) is 9.95. The summed E-state index contributed by atoms with van der Waals surface area (Å²) in [7, 11) is 1.86. The number of carbonyl (C=O) groups is 1. The SMILES string of the molecule is Cn1ccc2cc(Nc3ncc(C4CC4)cc3C(=O)O)cc(-c3cc(F)cc(F)c3)c21. The van der Waals surface area contributed by atoms with Gasteiger partial charge in [-0.2, -0.15) is 0 Å². The number of carboxylic acids is 1. The van der Waals surface area contributed by atoms with Crippen LogP contribution in [0.1, 0.15) is 34.7 Å². The molecule has 0 aliphatic heterocycles. The van der Waals surface area contributed by atoms with Crippen molar-refractivity contribution in [3.05, 3.63) is 77.6 Å². The van der Waals surface area contributed by atoms with Crippen LogP contribution in [0.4, 0.5) is 20.3 Å². The number of hydrogen-bond acceptors (Lipinski definition) is 3. The monoisotopic (exact) mass is 419 g/mol.